The Labute approximate surface area is 175 Å². The average molecular weight is 404 g/mol. The average Bonchev–Trinajstić information content (AvgIpc) is 2.78. The number of aromatic carboxylic acids is 1. The van der Waals surface area contributed by atoms with Crippen LogP contribution < -0.4 is 4.74 Å². The standard InChI is InChI=1S/C24H24N2O4/c1-2-21(27)26-14-11-19(12-15-26)30-18-8-5-16(6-9-18)20-10-7-17-4-3-13-25-23(17)22(20)24(28)29/h3-10,13,19H,2,11-12,14-15H2,1H3,(H,28,29). The molecule has 1 N–H and O–H groups in total. The van der Waals surface area contributed by atoms with Crippen LogP contribution in [0.25, 0.3) is 22.0 Å². The van der Waals surface area contributed by atoms with Crippen molar-refractivity contribution in [2.75, 3.05) is 13.1 Å². The third-order valence-electron chi connectivity index (χ3n) is 5.55. The van der Waals surface area contributed by atoms with Crippen molar-refractivity contribution in [3.8, 4) is 16.9 Å². The van der Waals surface area contributed by atoms with Crippen molar-refractivity contribution in [2.24, 2.45) is 0 Å². The van der Waals surface area contributed by atoms with Gasteiger partial charge in [-0.15, -0.1) is 0 Å². The number of hydrogen-bond acceptors (Lipinski definition) is 4. The lowest BCUT2D eigenvalue weighted by Gasteiger charge is -2.32. The number of carbonyl (C=O) groups excluding carboxylic acids is 1. The molecule has 1 fully saturated rings. The maximum atomic E-state index is 11.9. The minimum absolute atomic E-state index is 0.0798. The summed E-state index contributed by atoms with van der Waals surface area (Å²) in [5.74, 6) is -0.0604. The molecule has 1 aromatic heterocycles. The van der Waals surface area contributed by atoms with Crippen molar-refractivity contribution in [1.29, 1.82) is 0 Å². The molecular weight excluding hydrogens is 380 g/mol. The third kappa shape index (κ3) is 3.99. The van der Waals surface area contributed by atoms with Crippen LogP contribution in [0.15, 0.2) is 54.7 Å². The highest BCUT2D eigenvalue weighted by Gasteiger charge is 2.23. The molecule has 1 saturated heterocycles. The summed E-state index contributed by atoms with van der Waals surface area (Å²) in [5, 5.41) is 10.6. The van der Waals surface area contributed by atoms with Crippen LogP contribution in [-0.4, -0.2) is 46.1 Å². The van der Waals surface area contributed by atoms with Gasteiger partial charge in [0.2, 0.25) is 5.91 Å². The second-order valence-corrected chi connectivity index (χ2v) is 7.44. The molecule has 0 saturated carbocycles. The number of nitrogens with zero attached hydrogens (tertiary/aromatic N) is 2. The summed E-state index contributed by atoms with van der Waals surface area (Å²) in [5.41, 5.74) is 2.12. The molecule has 30 heavy (non-hydrogen) atoms. The summed E-state index contributed by atoms with van der Waals surface area (Å²) >= 11 is 0. The Balaban J connectivity index is 1.51. The van der Waals surface area contributed by atoms with E-state index in [1.54, 1.807) is 12.3 Å². The van der Waals surface area contributed by atoms with E-state index in [-0.39, 0.29) is 17.6 Å². The molecule has 1 amide bonds. The number of piperidine rings is 1. The number of fused-ring (bicyclic) bond motifs is 1. The minimum Gasteiger partial charge on any atom is -0.490 e. The lowest BCUT2D eigenvalue weighted by atomic mass is 9.96. The summed E-state index contributed by atoms with van der Waals surface area (Å²) in [4.78, 5) is 29.9. The summed E-state index contributed by atoms with van der Waals surface area (Å²) < 4.78 is 6.09. The lowest BCUT2D eigenvalue weighted by molar-refractivity contribution is -0.132. The van der Waals surface area contributed by atoms with Gasteiger partial charge in [-0.3, -0.25) is 9.78 Å². The van der Waals surface area contributed by atoms with Gasteiger partial charge in [0.1, 0.15) is 11.9 Å². The van der Waals surface area contributed by atoms with Gasteiger partial charge in [-0.05, 0) is 29.3 Å². The topological polar surface area (TPSA) is 79.7 Å². The van der Waals surface area contributed by atoms with Crippen molar-refractivity contribution in [3.63, 3.8) is 0 Å². The van der Waals surface area contributed by atoms with E-state index in [0.717, 1.165) is 42.6 Å². The Morgan fingerprint density at radius 3 is 2.50 bits per heavy atom. The summed E-state index contributed by atoms with van der Waals surface area (Å²) in [7, 11) is 0. The Hall–Kier alpha value is -3.41. The van der Waals surface area contributed by atoms with Crippen LogP contribution in [-0.2, 0) is 4.79 Å². The van der Waals surface area contributed by atoms with Crippen LogP contribution in [0.3, 0.4) is 0 Å². The fourth-order valence-electron chi connectivity index (χ4n) is 3.95. The number of amides is 1. The number of pyridine rings is 1. The largest absolute Gasteiger partial charge is 0.490 e. The number of carbonyl (C=O) groups is 2. The number of carboxylic acids is 1. The monoisotopic (exact) mass is 404 g/mol. The number of benzene rings is 2. The van der Waals surface area contributed by atoms with E-state index in [9.17, 15) is 14.7 Å². The van der Waals surface area contributed by atoms with Crippen LogP contribution >= 0.6 is 0 Å². The second kappa shape index (κ2) is 8.53. The SMILES string of the molecule is CCC(=O)N1CCC(Oc2ccc(-c3ccc4cccnc4c3C(=O)O)cc2)CC1. The molecular formula is C24H24N2O4. The van der Waals surface area contributed by atoms with E-state index in [0.29, 0.717) is 17.5 Å². The van der Waals surface area contributed by atoms with E-state index < -0.39 is 5.97 Å². The van der Waals surface area contributed by atoms with Crippen LogP contribution in [0, 0.1) is 0 Å². The number of ether oxygens (including phenoxy) is 1. The van der Waals surface area contributed by atoms with Gasteiger partial charge in [0.15, 0.2) is 0 Å². The third-order valence-corrected chi connectivity index (χ3v) is 5.55. The van der Waals surface area contributed by atoms with Gasteiger partial charge in [-0.2, -0.15) is 0 Å². The van der Waals surface area contributed by atoms with Gasteiger partial charge in [0.05, 0.1) is 11.1 Å². The van der Waals surface area contributed by atoms with Crippen molar-refractivity contribution in [3.05, 3.63) is 60.3 Å². The van der Waals surface area contributed by atoms with Crippen LogP contribution in [0.5, 0.6) is 5.75 Å². The van der Waals surface area contributed by atoms with E-state index in [1.165, 1.54) is 0 Å². The van der Waals surface area contributed by atoms with Crippen LogP contribution in [0.4, 0.5) is 0 Å². The minimum atomic E-state index is -0.997. The van der Waals surface area contributed by atoms with Crippen molar-refractivity contribution in [2.45, 2.75) is 32.3 Å². The second-order valence-electron chi connectivity index (χ2n) is 7.44. The fraction of sp³-hybridized carbons (Fsp3) is 0.292. The predicted octanol–water partition coefficient (Wildman–Crippen LogP) is 4.38. The molecule has 0 spiro atoms. The summed E-state index contributed by atoms with van der Waals surface area (Å²) in [6, 6.07) is 14.9. The van der Waals surface area contributed by atoms with Gasteiger partial charge in [-0.1, -0.05) is 37.3 Å². The van der Waals surface area contributed by atoms with Gasteiger partial charge < -0.3 is 14.7 Å². The number of rotatable bonds is 5. The van der Waals surface area contributed by atoms with E-state index >= 15 is 0 Å². The Bertz CT molecular complexity index is 1070. The van der Waals surface area contributed by atoms with Crippen molar-refractivity contribution in [1.82, 2.24) is 9.88 Å². The zero-order chi connectivity index (χ0) is 21.1. The zero-order valence-electron chi connectivity index (χ0n) is 16.9. The van der Waals surface area contributed by atoms with Crippen molar-refractivity contribution >= 4 is 22.8 Å². The predicted molar refractivity (Wildman–Crippen MR) is 115 cm³/mol. The molecule has 0 unspecified atom stereocenters. The highest BCUT2D eigenvalue weighted by molar-refractivity contribution is 6.07. The molecule has 1 aliphatic heterocycles. The highest BCUT2D eigenvalue weighted by atomic mass is 16.5. The highest BCUT2D eigenvalue weighted by Crippen LogP contribution is 2.31. The molecule has 154 valence electrons. The molecule has 3 aromatic rings. The molecule has 0 aliphatic carbocycles. The number of carboxylic acid groups (broad SMARTS) is 1. The normalized spacial score (nSPS) is 14.6. The quantitative estimate of drug-likeness (QED) is 0.683. The lowest BCUT2D eigenvalue weighted by Crippen LogP contribution is -2.41. The van der Waals surface area contributed by atoms with Crippen LogP contribution in [0.1, 0.15) is 36.5 Å². The smallest absolute Gasteiger partial charge is 0.338 e. The number of aromatic nitrogens is 1. The first-order chi connectivity index (χ1) is 14.6. The Morgan fingerprint density at radius 1 is 1.10 bits per heavy atom. The molecule has 0 bridgehead atoms. The Kier molecular flexibility index (Phi) is 5.65. The molecule has 0 atom stereocenters. The first-order valence-electron chi connectivity index (χ1n) is 10.2. The number of likely N-dealkylation sites (tertiary alicyclic amines) is 1. The zero-order valence-corrected chi connectivity index (χ0v) is 16.9. The van der Waals surface area contributed by atoms with Gasteiger partial charge in [0, 0.05) is 43.9 Å². The van der Waals surface area contributed by atoms with E-state index in [2.05, 4.69) is 4.98 Å². The van der Waals surface area contributed by atoms with Crippen LogP contribution in [0.2, 0.25) is 0 Å². The fourth-order valence-corrected chi connectivity index (χ4v) is 3.95. The molecule has 2 aromatic carbocycles. The van der Waals surface area contributed by atoms with Gasteiger partial charge >= 0.3 is 5.97 Å². The maximum absolute atomic E-state index is 11.9. The summed E-state index contributed by atoms with van der Waals surface area (Å²) in [6.45, 7) is 3.33. The van der Waals surface area contributed by atoms with Gasteiger partial charge in [0.25, 0.3) is 0 Å². The molecule has 6 nitrogen and oxygen atoms in total. The molecule has 0 radical (unpaired) electrons. The molecule has 2 heterocycles. The first-order valence-corrected chi connectivity index (χ1v) is 10.2. The Morgan fingerprint density at radius 2 is 1.83 bits per heavy atom. The molecule has 6 heteroatoms. The van der Waals surface area contributed by atoms with E-state index in [1.807, 2.05) is 54.3 Å². The molecule has 1 aliphatic rings. The van der Waals surface area contributed by atoms with E-state index in [4.69, 9.17) is 4.74 Å². The number of hydrogen-bond donors (Lipinski definition) is 1. The summed E-state index contributed by atoms with van der Waals surface area (Å²) in [6.07, 6.45) is 3.85. The van der Waals surface area contributed by atoms with Crippen molar-refractivity contribution < 1.29 is 19.4 Å². The molecule has 4 rings (SSSR count). The maximum Gasteiger partial charge on any atom is 0.338 e. The van der Waals surface area contributed by atoms with Gasteiger partial charge in [-0.25, -0.2) is 4.79 Å². The first kappa shape index (κ1) is 19.9.